The van der Waals surface area contributed by atoms with Gasteiger partial charge in [0.05, 0.1) is 12.8 Å². The van der Waals surface area contributed by atoms with Gasteiger partial charge in [-0.1, -0.05) is 6.42 Å². The maximum absolute atomic E-state index is 5.34. The van der Waals surface area contributed by atoms with Gasteiger partial charge in [-0.15, -0.1) is 0 Å². The Morgan fingerprint density at radius 2 is 2.33 bits per heavy atom. The number of nitrogens with zero attached hydrogens (tertiary/aromatic N) is 1. The highest BCUT2D eigenvalue weighted by Crippen LogP contribution is 2.42. The lowest BCUT2D eigenvalue weighted by atomic mass is 9.70. The Kier molecular flexibility index (Phi) is 3.42. The lowest BCUT2D eigenvalue weighted by molar-refractivity contribution is 0.0979. The number of thiol groups is 1. The molecule has 0 atom stereocenters. The molecule has 1 heterocycles. The zero-order valence-electron chi connectivity index (χ0n) is 9.28. The monoisotopic (exact) mass is 225 g/mol. The molecular weight excluding hydrogens is 206 g/mol. The van der Waals surface area contributed by atoms with Gasteiger partial charge in [0.25, 0.3) is 0 Å². The van der Waals surface area contributed by atoms with E-state index in [-0.39, 0.29) is 0 Å². The molecule has 1 saturated carbocycles. The van der Waals surface area contributed by atoms with Crippen LogP contribution in [0.1, 0.15) is 25.0 Å². The highest BCUT2D eigenvalue weighted by Gasteiger charge is 2.36. The minimum Gasteiger partial charge on any atom is -0.468 e. The van der Waals surface area contributed by atoms with Gasteiger partial charge in [0.2, 0.25) is 0 Å². The summed E-state index contributed by atoms with van der Waals surface area (Å²) in [6.45, 7) is 2.04. The van der Waals surface area contributed by atoms with Gasteiger partial charge in [-0.3, -0.25) is 4.90 Å². The van der Waals surface area contributed by atoms with Crippen molar-refractivity contribution in [1.82, 2.24) is 4.90 Å². The Labute approximate surface area is 97.1 Å². The first-order valence-electron chi connectivity index (χ1n) is 5.56. The van der Waals surface area contributed by atoms with Crippen LogP contribution in [0.15, 0.2) is 22.8 Å². The van der Waals surface area contributed by atoms with Crippen molar-refractivity contribution >= 4 is 12.6 Å². The summed E-state index contributed by atoms with van der Waals surface area (Å²) in [5.74, 6) is 2.06. The molecular formula is C12H19NOS. The molecule has 1 aromatic heterocycles. The van der Waals surface area contributed by atoms with Crippen molar-refractivity contribution in [2.24, 2.45) is 5.41 Å². The third-order valence-electron chi connectivity index (χ3n) is 3.36. The molecule has 1 aromatic rings. The molecule has 0 saturated heterocycles. The van der Waals surface area contributed by atoms with Crippen LogP contribution in [0.3, 0.4) is 0 Å². The fourth-order valence-electron chi connectivity index (χ4n) is 2.34. The van der Waals surface area contributed by atoms with Gasteiger partial charge < -0.3 is 4.42 Å². The SMILES string of the molecule is CN(Cc1ccco1)CC1(CS)CCC1. The molecule has 0 N–H and O–H groups in total. The van der Waals surface area contributed by atoms with E-state index in [2.05, 4.69) is 24.6 Å². The summed E-state index contributed by atoms with van der Waals surface area (Å²) in [5.41, 5.74) is 0.477. The van der Waals surface area contributed by atoms with E-state index >= 15 is 0 Å². The molecule has 1 aliphatic carbocycles. The predicted octanol–water partition coefficient (Wildman–Crippen LogP) is 2.81. The minimum absolute atomic E-state index is 0.477. The van der Waals surface area contributed by atoms with E-state index in [9.17, 15) is 0 Å². The van der Waals surface area contributed by atoms with Crippen LogP contribution in [-0.2, 0) is 6.54 Å². The van der Waals surface area contributed by atoms with Gasteiger partial charge in [0, 0.05) is 6.54 Å². The molecule has 0 aromatic carbocycles. The van der Waals surface area contributed by atoms with Gasteiger partial charge in [-0.2, -0.15) is 12.6 Å². The highest BCUT2D eigenvalue weighted by atomic mass is 32.1. The minimum atomic E-state index is 0.477. The van der Waals surface area contributed by atoms with Crippen molar-refractivity contribution < 1.29 is 4.42 Å². The van der Waals surface area contributed by atoms with Crippen LogP contribution < -0.4 is 0 Å². The summed E-state index contributed by atoms with van der Waals surface area (Å²) in [4.78, 5) is 2.34. The van der Waals surface area contributed by atoms with E-state index in [1.807, 2.05) is 12.1 Å². The van der Waals surface area contributed by atoms with Crippen LogP contribution in [0.4, 0.5) is 0 Å². The van der Waals surface area contributed by atoms with Gasteiger partial charge in [-0.25, -0.2) is 0 Å². The lowest BCUT2D eigenvalue weighted by Gasteiger charge is -2.43. The third-order valence-corrected chi connectivity index (χ3v) is 4.03. The number of hydrogen-bond acceptors (Lipinski definition) is 3. The van der Waals surface area contributed by atoms with Crippen molar-refractivity contribution in [3.63, 3.8) is 0 Å². The molecule has 1 fully saturated rings. The third kappa shape index (κ3) is 2.58. The Balaban J connectivity index is 1.84. The largest absolute Gasteiger partial charge is 0.468 e. The lowest BCUT2D eigenvalue weighted by Crippen LogP contribution is -2.41. The second kappa shape index (κ2) is 4.62. The maximum atomic E-state index is 5.34. The second-order valence-corrected chi connectivity index (χ2v) is 5.08. The maximum Gasteiger partial charge on any atom is 0.117 e. The number of hydrogen-bond donors (Lipinski definition) is 1. The molecule has 2 nitrogen and oxygen atoms in total. The Hall–Kier alpha value is -0.410. The van der Waals surface area contributed by atoms with Crippen molar-refractivity contribution in [3.8, 4) is 0 Å². The average molecular weight is 225 g/mol. The molecule has 0 amide bonds. The first-order chi connectivity index (χ1) is 7.24. The van der Waals surface area contributed by atoms with E-state index in [4.69, 9.17) is 4.42 Å². The zero-order chi connectivity index (χ0) is 10.7. The summed E-state index contributed by atoms with van der Waals surface area (Å²) in [6, 6.07) is 3.98. The smallest absolute Gasteiger partial charge is 0.117 e. The molecule has 0 unspecified atom stereocenters. The number of rotatable bonds is 5. The van der Waals surface area contributed by atoms with Crippen LogP contribution in [0.2, 0.25) is 0 Å². The van der Waals surface area contributed by atoms with Gasteiger partial charge in [0.1, 0.15) is 5.76 Å². The van der Waals surface area contributed by atoms with E-state index < -0.39 is 0 Å². The summed E-state index contributed by atoms with van der Waals surface area (Å²) in [5, 5.41) is 0. The molecule has 0 aliphatic heterocycles. The van der Waals surface area contributed by atoms with Crippen molar-refractivity contribution in [3.05, 3.63) is 24.2 Å². The first kappa shape index (κ1) is 11.1. The molecule has 2 rings (SSSR count). The van der Waals surface area contributed by atoms with Gasteiger partial charge in [0.15, 0.2) is 0 Å². The summed E-state index contributed by atoms with van der Waals surface area (Å²) in [7, 11) is 2.16. The van der Waals surface area contributed by atoms with Gasteiger partial charge >= 0.3 is 0 Å². The van der Waals surface area contributed by atoms with Crippen molar-refractivity contribution in [2.45, 2.75) is 25.8 Å². The molecule has 15 heavy (non-hydrogen) atoms. The Morgan fingerprint density at radius 3 is 2.80 bits per heavy atom. The number of furan rings is 1. The zero-order valence-corrected chi connectivity index (χ0v) is 10.2. The summed E-state index contributed by atoms with van der Waals surface area (Å²) >= 11 is 4.47. The Bertz CT molecular complexity index is 287. The molecule has 0 bridgehead atoms. The second-order valence-electron chi connectivity index (χ2n) is 4.76. The molecule has 84 valence electrons. The molecule has 0 radical (unpaired) electrons. The van der Waals surface area contributed by atoms with Crippen LogP contribution in [-0.4, -0.2) is 24.2 Å². The van der Waals surface area contributed by atoms with Crippen LogP contribution in [0.25, 0.3) is 0 Å². The topological polar surface area (TPSA) is 16.4 Å². The van der Waals surface area contributed by atoms with Crippen LogP contribution in [0, 0.1) is 5.41 Å². The van der Waals surface area contributed by atoms with Crippen LogP contribution >= 0.6 is 12.6 Å². The summed E-state index contributed by atoms with van der Waals surface area (Å²) < 4.78 is 5.34. The van der Waals surface area contributed by atoms with E-state index in [1.165, 1.54) is 19.3 Å². The highest BCUT2D eigenvalue weighted by molar-refractivity contribution is 7.80. The quantitative estimate of drug-likeness (QED) is 0.776. The standard InChI is InChI=1S/C12H19NOS/c1-13(8-11-4-2-7-14-11)9-12(10-15)5-3-6-12/h2,4,7,15H,3,5-6,8-10H2,1H3. The molecule has 1 aliphatic rings. The molecule has 0 spiro atoms. The van der Waals surface area contributed by atoms with Crippen molar-refractivity contribution in [1.29, 1.82) is 0 Å². The van der Waals surface area contributed by atoms with E-state index in [0.717, 1.165) is 24.6 Å². The van der Waals surface area contributed by atoms with Crippen molar-refractivity contribution in [2.75, 3.05) is 19.3 Å². The van der Waals surface area contributed by atoms with Crippen LogP contribution in [0.5, 0.6) is 0 Å². The molecule has 3 heteroatoms. The van der Waals surface area contributed by atoms with E-state index in [1.54, 1.807) is 6.26 Å². The fraction of sp³-hybridized carbons (Fsp3) is 0.667. The fourth-order valence-corrected chi connectivity index (χ4v) is 2.76. The average Bonchev–Trinajstić information content (AvgIpc) is 2.64. The predicted molar refractivity (Wildman–Crippen MR) is 65.2 cm³/mol. The Morgan fingerprint density at radius 1 is 1.53 bits per heavy atom. The first-order valence-corrected chi connectivity index (χ1v) is 6.19. The van der Waals surface area contributed by atoms with Gasteiger partial charge in [-0.05, 0) is 43.2 Å². The normalized spacial score (nSPS) is 19.1. The van der Waals surface area contributed by atoms with E-state index in [0.29, 0.717) is 5.41 Å². The summed E-state index contributed by atoms with van der Waals surface area (Å²) in [6.07, 6.45) is 5.77.